The standard InChI is InChI=1S/C26H26ClN5O3S2/c1-30-13-15-31(16-14-30)23-12-11-19(27)17-22(23)28-25(33)18-36-26-29-21-9-5-6-10-24(21)32(26)37(34,35)20-7-3-2-4-8-20/h2-12,17H,13-16,18H2,1H3,(H,28,33)/p+1. The highest BCUT2D eigenvalue weighted by Gasteiger charge is 2.32. The van der Waals surface area contributed by atoms with E-state index >= 15 is 0 Å². The number of aromatic amines is 1. The number of H-pyrrole nitrogens is 1. The number of hydrogen-bond donors (Lipinski definition) is 2. The number of hydrogen-bond acceptors (Lipinski definition) is 6. The van der Waals surface area contributed by atoms with Crippen LogP contribution < -0.4 is 14.2 Å². The summed E-state index contributed by atoms with van der Waals surface area (Å²) in [4.78, 5) is 20.9. The van der Waals surface area contributed by atoms with E-state index in [4.69, 9.17) is 11.6 Å². The van der Waals surface area contributed by atoms with Crippen molar-refractivity contribution in [1.29, 1.82) is 0 Å². The minimum Gasteiger partial charge on any atom is -0.367 e. The summed E-state index contributed by atoms with van der Waals surface area (Å²) in [7, 11) is -1.80. The van der Waals surface area contributed by atoms with Crippen LogP contribution in [0.5, 0.6) is 0 Å². The number of piperazine rings is 1. The lowest BCUT2D eigenvalue weighted by Crippen LogP contribution is -2.44. The second-order valence-electron chi connectivity index (χ2n) is 8.82. The average molecular weight is 557 g/mol. The molecule has 1 aliphatic heterocycles. The number of carbonyl (C=O) groups is 1. The predicted octanol–water partition coefficient (Wildman–Crippen LogP) is 3.83. The fourth-order valence-electron chi connectivity index (χ4n) is 4.31. The quantitative estimate of drug-likeness (QED) is 0.266. The van der Waals surface area contributed by atoms with Crippen molar-refractivity contribution in [2.75, 3.05) is 49.2 Å². The number of amides is 1. The Balaban J connectivity index is 1.39. The maximum absolute atomic E-state index is 13.6. The molecule has 2 N–H and O–H groups in total. The lowest BCUT2D eigenvalue weighted by Gasteiger charge is -2.35. The van der Waals surface area contributed by atoms with Gasteiger partial charge in [0.05, 0.1) is 17.1 Å². The zero-order valence-electron chi connectivity index (χ0n) is 20.2. The fraction of sp³-hybridized carbons (Fsp3) is 0.231. The van der Waals surface area contributed by atoms with E-state index in [-0.39, 0.29) is 16.6 Å². The Morgan fingerprint density at radius 3 is 2.49 bits per heavy atom. The van der Waals surface area contributed by atoms with Gasteiger partial charge in [-0.2, -0.15) is 8.42 Å². The number of nitrogens with zero attached hydrogens (tertiary/aromatic N) is 3. The van der Waals surface area contributed by atoms with Crippen molar-refractivity contribution in [3.8, 4) is 0 Å². The normalized spacial score (nSPS) is 14.7. The minimum atomic E-state index is -3.89. The summed E-state index contributed by atoms with van der Waals surface area (Å²) in [6, 6.07) is 20.9. The van der Waals surface area contributed by atoms with Crippen LogP contribution in [0.2, 0.25) is 5.02 Å². The highest BCUT2D eigenvalue weighted by molar-refractivity contribution is 8.00. The Kier molecular flexibility index (Phi) is 7.43. The van der Waals surface area contributed by atoms with Gasteiger partial charge in [-0.1, -0.05) is 41.9 Å². The number of para-hydroxylation sites is 2. The smallest absolute Gasteiger partial charge is 0.336 e. The molecule has 1 aliphatic rings. The monoisotopic (exact) mass is 556 g/mol. The SMILES string of the molecule is CN1CCN(c2ccc(Cl)cc2NC(=O)CSc2[nH]c3ccccc3[n+]2S(=O)(=O)c2ccccc2)CC1. The number of rotatable bonds is 7. The first-order valence-corrected chi connectivity index (χ1v) is 14.6. The molecule has 8 nitrogen and oxygen atoms in total. The molecular formula is C26H27ClN5O3S2+. The second-order valence-corrected chi connectivity index (χ2v) is 12.0. The molecule has 4 aromatic rings. The van der Waals surface area contributed by atoms with Crippen LogP contribution in [-0.4, -0.2) is 63.2 Å². The number of halogens is 1. The van der Waals surface area contributed by atoms with E-state index in [1.807, 2.05) is 24.3 Å². The van der Waals surface area contributed by atoms with E-state index < -0.39 is 10.0 Å². The fourth-order valence-corrected chi connectivity index (χ4v) is 7.07. The molecule has 192 valence electrons. The van der Waals surface area contributed by atoms with Crippen LogP contribution in [0, 0.1) is 0 Å². The van der Waals surface area contributed by atoms with Gasteiger partial charge in [-0.05, 0) is 61.3 Å². The Hall–Kier alpha value is -3.05. The van der Waals surface area contributed by atoms with Crippen molar-refractivity contribution in [1.82, 2.24) is 9.88 Å². The van der Waals surface area contributed by atoms with Gasteiger partial charge in [0.1, 0.15) is 4.90 Å². The summed E-state index contributed by atoms with van der Waals surface area (Å²) < 4.78 is 28.4. The molecule has 1 aromatic heterocycles. The third-order valence-corrected chi connectivity index (χ3v) is 9.29. The van der Waals surface area contributed by atoms with Gasteiger partial charge in [0.25, 0.3) is 0 Å². The van der Waals surface area contributed by atoms with Gasteiger partial charge in [0.15, 0.2) is 11.0 Å². The predicted molar refractivity (Wildman–Crippen MR) is 148 cm³/mol. The van der Waals surface area contributed by atoms with E-state index in [0.29, 0.717) is 26.9 Å². The number of benzene rings is 3. The molecule has 0 bridgehead atoms. The summed E-state index contributed by atoms with van der Waals surface area (Å²) in [6.45, 7) is 3.56. The second kappa shape index (κ2) is 10.7. The van der Waals surface area contributed by atoms with Crippen LogP contribution in [-0.2, 0) is 14.8 Å². The zero-order valence-corrected chi connectivity index (χ0v) is 22.6. The highest BCUT2D eigenvalue weighted by atomic mass is 35.5. The molecule has 0 aliphatic carbocycles. The number of carbonyl (C=O) groups excluding carboxylic acids is 1. The minimum absolute atomic E-state index is 0.00578. The van der Waals surface area contributed by atoms with Crippen LogP contribution in [0.15, 0.2) is 82.8 Å². The lowest BCUT2D eigenvalue weighted by atomic mass is 10.2. The van der Waals surface area contributed by atoms with Crippen molar-refractivity contribution in [2.45, 2.75) is 10.1 Å². The molecule has 3 aromatic carbocycles. The van der Waals surface area contributed by atoms with E-state index in [0.717, 1.165) is 43.6 Å². The molecular weight excluding hydrogens is 530 g/mol. The summed E-state index contributed by atoms with van der Waals surface area (Å²) in [5.41, 5.74) is 2.74. The molecule has 0 unspecified atom stereocenters. The van der Waals surface area contributed by atoms with Gasteiger partial charge >= 0.3 is 15.2 Å². The van der Waals surface area contributed by atoms with E-state index in [2.05, 4.69) is 27.1 Å². The van der Waals surface area contributed by atoms with Gasteiger partial charge in [-0.25, -0.2) is 4.98 Å². The van der Waals surface area contributed by atoms with E-state index in [1.165, 1.54) is 3.97 Å². The molecule has 1 fully saturated rings. The van der Waals surface area contributed by atoms with E-state index in [9.17, 15) is 13.2 Å². The third kappa shape index (κ3) is 5.47. The van der Waals surface area contributed by atoms with Gasteiger partial charge in [-0.3, -0.25) is 4.79 Å². The molecule has 0 spiro atoms. The largest absolute Gasteiger partial charge is 0.367 e. The van der Waals surface area contributed by atoms with Crippen LogP contribution in [0.1, 0.15) is 0 Å². The zero-order chi connectivity index (χ0) is 26.0. The number of anilines is 2. The van der Waals surface area contributed by atoms with Crippen molar-refractivity contribution in [3.63, 3.8) is 0 Å². The van der Waals surface area contributed by atoms with Crippen LogP contribution in [0.3, 0.4) is 0 Å². The number of fused-ring (bicyclic) bond motifs is 1. The molecule has 0 atom stereocenters. The first-order valence-electron chi connectivity index (χ1n) is 11.8. The summed E-state index contributed by atoms with van der Waals surface area (Å²) >= 11 is 7.38. The van der Waals surface area contributed by atoms with Crippen molar-refractivity contribution >= 4 is 61.7 Å². The Labute approximate surface area is 225 Å². The summed E-state index contributed by atoms with van der Waals surface area (Å²) in [6.07, 6.45) is 0. The van der Waals surface area contributed by atoms with Gasteiger partial charge in [0, 0.05) is 31.2 Å². The Bertz CT molecular complexity index is 1530. The Morgan fingerprint density at radius 1 is 1.03 bits per heavy atom. The molecule has 5 rings (SSSR count). The van der Waals surface area contributed by atoms with Gasteiger partial charge in [-0.15, -0.1) is 3.97 Å². The topological polar surface area (TPSA) is 89.4 Å². The number of thioether (sulfide) groups is 1. The van der Waals surface area contributed by atoms with Crippen LogP contribution in [0.4, 0.5) is 11.4 Å². The maximum atomic E-state index is 13.6. The van der Waals surface area contributed by atoms with Crippen LogP contribution in [0.25, 0.3) is 11.0 Å². The molecule has 1 saturated heterocycles. The highest BCUT2D eigenvalue weighted by Crippen LogP contribution is 2.30. The van der Waals surface area contributed by atoms with Gasteiger partial charge in [0.2, 0.25) is 5.91 Å². The first-order chi connectivity index (χ1) is 17.8. The Morgan fingerprint density at radius 2 is 1.73 bits per heavy atom. The lowest BCUT2D eigenvalue weighted by molar-refractivity contribution is -0.526. The van der Waals surface area contributed by atoms with Crippen molar-refractivity contribution in [3.05, 3.63) is 77.8 Å². The number of aromatic nitrogens is 2. The molecule has 0 saturated carbocycles. The van der Waals surface area contributed by atoms with Gasteiger partial charge < -0.3 is 15.1 Å². The van der Waals surface area contributed by atoms with Crippen molar-refractivity contribution in [2.24, 2.45) is 0 Å². The molecule has 1 amide bonds. The van der Waals surface area contributed by atoms with Crippen LogP contribution >= 0.6 is 23.4 Å². The molecule has 11 heteroatoms. The van der Waals surface area contributed by atoms with E-state index in [1.54, 1.807) is 48.5 Å². The van der Waals surface area contributed by atoms with Crippen molar-refractivity contribution < 1.29 is 17.2 Å². The number of nitrogens with one attached hydrogen (secondary N) is 2. The third-order valence-electron chi connectivity index (χ3n) is 6.25. The molecule has 2 heterocycles. The maximum Gasteiger partial charge on any atom is 0.336 e. The number of likely N-dealkylation sites (N-methyl/N-ethyl adjacent to an activating group) is 1. The number of imidazole rings is 1. The first kappa shape index (κ1) is 25.6. The molecule has 37 heavy (non-hydrogen) atoms. The molecule has 0 radical (unpaired) electrons. The summed E-state index contributed by atoms with van der Waals surface area (Å²) in [5.74, 6) is -0.254. The summed E-state index contributed by atoms with van der Waals surface area (Å²) in [5, 5.41) is 3.86. The average Bonchev–Trinajstić information content (AvgIpc) is 3.28.